The summed E-state index contributed by atoms with van der Waals surface area (Å²) in [6, 6.07) is 0.958. The normalized spacial score (nSPS) is 22.6. The van der Waals surface area contributed by atoms with Gasteiger partial charge in [0.15, 0.2) is 0 Å². The Hall–Kier alpha value is -0.560. The van der Waals surface area contributed by atoms with Crippen LogP contribution in [-0.4, -0.2) is 49.3 Å². The van der Waals surface area contributed by atoms with E-state index in [1.807, 2.05) is 6.92 Å². The summed E-state index contributed by atoms with van der Waals surface area (Å²) in [6.45, 7) is 12.5. The monoisotopic (exact) mass is 252 g/mol. The Morgan fingerprint density at radius 1 is 1.44 bits per heavy atom. The van der Waals surface area contributed by atoms with Gasteiger partial charge in [-0.25, -0.2) is 0 Å². The van der Waals surface area contributed by atoms with Gasteiger partial charge in [-0.1, -0.05) is 6.92 Å². The molecule has 1 heterocycles. The fourth-order valence-corrected chi connectivity index (χ4v) is 2.29. The van der Waals surface area contributed by atoms with Gasteiger partial charge in [0.1, 0.15) is 0 Å². The number of ether oxygens (including phenoxy) is 1. The van der Waals surface area contributed by atoms with Crippen molar-refractivity contribution < 1.29 is 4.74 Å². The Morgan fingerprint density at radius 3 is 2.83 bits per heavy atom. The minimum Gasteiger partial charge on any atom is -0.374 e. The van der Waals surface area contributed by atoms with E-state index in [1.54, 1.807) is 0 Å². The molecule has 1 N–H and O–H groups in total. The molecule has 0 spiro atoms. The van der Waals surface area contributed by atoms with E-state index in [-0.39, 0.29) is 6.10 Å². The van der Waals surface area contributed by atoms with Crippen molar-refractivity contribution in [2.75, 3.05) is 26.2 Å². The molecule has 1 fully saturated rings. The minimum absolute atomic E-state index is 0.272. The Bertz CT molecular complexity index is 280. The van der Waals surface area contributed by atoms with Crippen LogP contribution in [0.3, 0.4) is 0 Å². The van der Waals surface area contributed by atoms with Crippen LogP contribution >= 0.6 is 0 Å². The molecule has 18 heavy (non-hydrogen) atoms. The summed E-state index contributed by atoms with van der Waals surface area (Å²) in [5.41, 5.74) is 0. The highest BCUT2D eigenvalue weighted by atomic mass is 16.5. The summed E-state index contributed by atoms with van der Waals surface area (Å²) in [7, 11) is 0. The lowest BCUT2D eigenvalue weighted by molar-refractivity contribution is -0.0545. The lowest BCUT2D eigenvalue weighted by Gasteiger charge is -2.38. The lowest BCUT2D eigenvalue weighted by Crippen LogP contribution is -2.53. The molecule has 3 nitrogen and oxygen atoms in total. The molecule has 1 aliphatic heterocycles. The van der Waals surface area contributed by atoms with Crippen molar-refractivity contribution in [2.45, 2.75) is 58.7 Å². The van der Waals surface area contributed by atoms with Gasteiger partial charge in [-0.05, 0) is 33.7 Å². The predicted octanol–water partition coefficient (Wildman–Crippen LogP) is 1.88. The molecule has 3 heteroatoms. The molecule has 1 saturated heterocycles. The zero-order valence-corrected chi connectivity index (χ0v) is 12.3. The molecule has 0 bridgehead atoms. The predicted molar refractivity (Wildman–Crippen MR) is 76.6 cm³/mol. The molecule has 104 valence electrons. The highest BCUT2D eigenvalue weighted by Crippen LogP contribution is 2.13. The van der Waals surface area contributed by atoms with Crippen molar-refractivity contribution in [3.63, 3.8) is 0 Å². The topological polar surface area (TPSA) is 24.5 Å². The van der Waals surface area contributed by atoms with Crippen LogP contribution in [0.4, 0.5) is 0 Å². The van der Waals surface area contributed by atoms with Gasteiger partial charge >= 0.3 is 0 Å². The maximum Gasteiger partial charge on any atom is 0.0864 e. The van der Waals surface area contributed by atoms with Gasteiger partial charge in [-0.3, -0.25) is 4.90 Å². The van der Waals surface area contributed by atoms with E-state index in [4.69, 9.17) is 4.74 Å². The number of hydrogen-bond donors (Lipinski definition) is 1. The van der Waals surface area contributed by atoms with E-state index >= 15 is 0 Å². The van der Waals surface area contributed by atoms with Gasteiger partial charge in [0.25, 0.3) is 0 Å². The van der Waals surface area contributed by atoms with Crippen molar-refractivity contribution in [3.05, 3.63) is 0 Å². The molecule has 1 aliphatic rings. The third kappa shape index (κ3) is 4.97. The number of hydrogen-bond acceptors (Lipinski definition) is 3. The van der Waals surface area contributed by atoms with Crippen LogP contribution in [-0.2, 0) is 4.74 Å². The first-order valence-corrected chi connectivity index (χ1v) is 7.17. The zero-order valence-electron chi connectivity index (χ0n) is 12.3. The zero-order chi connectivity index (χ0) is 13.4. The van der Waals surface area contributed by atoms with E-state index in [0.717, 1.165) is 39.1 Å². The molecule has 0 saturated carbocycles. The molecule has 0 aliphatic carbocycles. The van der Waals surface area contributed by atoms with Gasteiger partial charge < -0.3 is 10.1 Å². The van der Waals surface area contributed by atoms with Crippen molar-refractivity contribution in [1.29, 1.82) is 0 Å². The molecule has 0 radical (unpaired) electrons. The number of morpholine rings is 1. The number of rotatable bonds is 6. The van der Waals surface area contributed by atoms with Crippen LogP contribution in [0.25, 0.3) is 0 Å². The summed E-state index contributed by atoms with van der Waals surface area (Å²) < 4.78 is 5.94. The Kier molecular flexibility index (Phi) is 7.34. The molecule has 0 amide bonds. The average molecular weight is 252 g/mol. The fraction of sp³-hybridized carbons (Fsp3) is 0.867. The van der Waals surface area contributed by atoms with E-state index in [1.165, 1.54) is 0 Å². The van der Waals surface area contributed by atoms with Crippen LogP contribution < -0.4 is 5.32 Å². The molecule has 0 aromatic rings. The Morgan fingerprint density at radius 2 is 2.22 bits per heavy atom. The second-order valence-electron chi connectivity index (χ2n) is 5.19. The molecule has 0 aromatic carbocycles. The van der Waals surface area contributed by atoms with Crippen LogP contribution in [0.15, 0.2) is 0 Å². The Balaban J connectivity index is 2.55. The molecular formula is C15H28N2O. The third-order valence-electron chi connectivity index (χ3n) is 3.46. The summed E-state index contributed by atoms with van der Waals surface area (Å²) in [4.78, 5) is 2.49. The van der Waals surface area contributed by atoms with Crippen LogP contribution in [0.1, 0.15) is 40.5 Å². The van der Waals surface area contributed by atoms with Crippen LogP contribution in [0.5, 0.6) is 0 Å². The lowest BCUT2D eigenvalue weighted by atomic mass is 10.0. The summed E-state index contributed by atoms with van der Waals surface area (Å²) >= 11 is 0. The highest BCUT2D eigenvalue weighted by Gasteiger charge is 2.28. The molecule has 2 unspecified atom stereocenters. The smallest absolute Gasteiger partial charge is 0.0864 e. The largest absolute Gasteiger partial charge is 0.374 e. The minimum atomic E-state index is 0.272. The van der Waals surface area contributed by atoms with Crippen molar-refractivity contribution in [3.8, 4) is 11.8 Å². The standard InChI is InChI=1S/C15H28N2O/c1-5-7-8-14(16-9-6-2)15-12-17(13(3)4)10-11-18-15/h13-16H,6,8-12H2,1-4H3. The second kappa shape index (κ2) is 8.53. The number of nitrogens with zero attached hydrogens (tertiary/aromatic N) is 1. The maximum atomic E-state index is 5.94. The molecule has 2 atom stereocenters. The summed E-state index contributed by atoms with van der Waals surface area (Å²) in [6.07, 6.45) is 2.30. The maximum absolute atomic E-state index is 5.94. The second-order valence-corrected chi connectivity index (χ2v) is 5.19. The quantitative estimate of drug-likeness (QED) is 0.731. The van der Waals surface area contributed by atoms with Crippen LogP contribution in [0, 0.1) is 11.8 Å². The number of nitrogens with one attached hydrogen (secondary N) is 1. The van der Waals surface area contributed by atoms with Gasteiger partial charge in [0, 0.05) is 31.6 Å². The van der Waals surface area contributed by atoms with Gasteiger partial charge in [-0.15, -0.1) is 11.8 Å². The van der Waals surface area contributed by atoms with Crippen LogP contribution in [0.2, 0.25) is 0 Å². The Labute approximate surface area is 112 Å². The SMILES string of the molecule is CC#CCC(NCCC)C1CN(C(C)C)CCO1. The first-order chi connectivity index (χ1) is 8.69. The first kappa shape index (κ1) is 15.5. The fourth-order valence-electron chi connectivity index (χ4n) is 2.29. The first-order valence-electron chi connectivity index (χ1n) is 7.17. The highest BCUT2D eigenvalue weighted by molar-refractivity contribution is 5.00. The molecule has 0 aromatic heterocycles. The average Bonchev–Trinajstić information content (AvgIpc) is 2.39. The van der Waals surface area contributed by atoms with E-state index < -0.39 is 0 Å². The van der Waals surface area contributed by atoms with Gasteiger partial charge in [0.2, 0.25) is 0 Å². The molecule has 1 rings (SSSR count). The van der Waals surface area contributed by atoms with Gasteiger partial charge in [-0.2, -0.15) is 0 Å². The van der Waals surface area contributed by atoms with Crippen molar-refractivity contribution >= 4 is 0 Å². The van der Waals surface area contributed by atoms with Crippen molar-refractivity contribution in [1.82, 2.24) is 10.2 Å². The third-order valence-corrected chi connectivity index (χ3v) is 3.46. The van der Waals surface area contributed by atoms with E-state index in [9.17, 15) is 0 Å². The van der Waals surface area contributed by atoms with E-state index in [2.05, 4.69) is 42.8 Å². The molecular weight excluding hydrogens is 224 g/mol. The summed E-state index contributed by atoms with van der Waals surface area (Å²) in [5, 5.41) is 3.58. The van der Waals surface area contributed by atoms with Crippen molar-refractivity contribution in [2.24, 2.45) is 0 Å². The van der Waals surface area contributed by atoms with E-state index in [0.29, 0.717) is 12.1 Å². The van der Waals surface area contributed by atoms with Gasteiger partial charge in [0.05, 0.1) is 12.7 Å². The summed E-state index contributed by atoms with van der Waals surface area (Å²) in [5.74, 6) is 6.18.